The van der Waals surface area contributed by atoms with Crippen LogP contribution < -0.4 is 4.90 Å². The Morgan fingerprint density at radius 1 is 1.67 bits per heavy atom. The molecule has 0 saturated carbocycles. The Morgan fingerprint density at radius 3 is 3.06 bits per heavy atom. The number of hydrogen-bond donors (Lipinski definition) is 1. The highest BCUT2D eigenvalue weighted by Gasteiger charge is 2.33. The SMILES string of the molecule is CCOC(=O)c1cccnc1N1CCC(C)(O)C1. The predicted molar refractivity (Wildman–Crippen MR) is 67.6 cm³/mol. The molecule has 1 aromatic rings. The van der Waals surface area contributed by atoms with Crippen molar-refractivity contribution in [2.24, 2.45) is 0 Å². The van der Waals surface area contributed by atoms with Crippen LogP contribution in [0.25, 0.3) is 0 Å². The van der Waals surface area contributed by atoms with E-state index in [1.54, 1.807) is 32.2 Å². The third kappa shape index (κ3) is 2.61. The molecule has 18 heavy (non-hydrogen) atoms. The van der Waals surface area contributed by atoms with Crippen molar-refractivity contribution in [2.45, 2.75) is 25.9 Å². The Balaban J connectivity index is 2.26. The monoisotopic (exact) mass is 250 g/mol. The number of aromatic nitrogens is 1. The van der Waals surface area contributed by atoms with Gasteiger partial charge in [0.05, 0.1) is 12.2 Å². The van der Waals surface area contributed by atoms with Gasteiger partial charge in [-0.3, -0.25) is 0 Å². The first-order valence-electron chi connectivity index (χ1n) is 6.13. The topological polar surface area (TPSA) is 62.7 Å². The van der Waals surface area contributed by atoms with Crippen LogP contribution in [0.4, 0.5) is 5.82 Å². The van der Waals surface area contributed by atoms with Crippen molar-refractivity contribution in [1.29, 1.82) is 0 Å². The van der Waals surface area contributed by atoms with Crippen molar-refractivity contribution >= 4 is 11.8 Å². The second-order valence-corrected chi connectivity index (χ2v) is 4.76. The van der Waals surface area contributed by atoms with E-state index in [-0.39, 0.29) is 5.97 Å². The van der Waals surface area contributed by atoms with E-state index < -0.39 is 5.60 Å². The number of anilines is 1. The molecule has 1 atom stereocenters. The Labute approximate surface area is 106 Å². The van der Waals surface area contributed by atoms with E-state index in [9.17, 15) is 9.90 Å². The summed E-state index contributed by atoms with van der Waals surface area (Å²) < 4.78 is 5.01. The van der Waals surface area contributed by atoms with Crippen LogP contribution in [0.5, 0.6) is 0 Å². The molecule has 2 heterocycles. The van der Waals surface area contributed by atoms with E-state index >= 15 is 0 Å². The third-order valence-corrected chi connectivity index (χ3v) is 3.03. The number of β-amino-alcohol motifs (C(OH)–C–C–N with tert-alkyl or cyclic N) is 1. The van der Waals surface area contributed by atoms with Gasteiger partial charge < -0.3 is 14.7 Å². The van der Waals surface area contributed by atoms with Crippen molar-refractivity contribution < 1.29 is 14.6 Å². The van der Waals surface area contributed by atoms with Crippen LogP contribution in [-0.2, 0) is 4.74 Å². The van der Waals surface area contributed by atoms with Crippen molar-refractivity contribution in [2.75, 3.05) is 24.6 Å². The Hall–Kier alpha value is -1.62. The molecule has 5 heteroatoms. The van der Waals surface area contributed by atoms with E-state index in [2.05, 4.69) is 4.98 Å². The zero-order valence-electron chi connectivity index (χ0n) is 10.7. The van der Waals surface area contributed by atoms with Crippen LogP contribution in [0.2, 0.25) is 0 Å². The van der Waals surface area contributed by atoms with Crippen LogP contribution in [0.3, 0.4) is 0 Å². The average molecular weight is 250 g/mol. The zero-order valence-corrected chi connectivity index (χ0v) is 10.7. The molecule has 5 nitrogen and oxygen atoms in total. The summed E-state index contributed by atoms with van der Waals surface area (Å²) in [6, 6.07) is 3.41. The molecule has 0 radical (unpaired) electrons. The molecule has 0 amide bonds. The number of carbonyl (C=O) groups is 1. The maximum Gasteiger partial charge on any atom is 0.341 e. The van der Waals surface area contributed by atoms with Crippen LogP contribution >= 0.6 is 0 Å². The quantitative estimate of drug-likeness (QED) is 0.817. The van der Waals surface area contributed by atoms with Crippen LogP contribution in [0.15, 0.2) is 18.3 Å². The second kappa shape index (κ2) is 4.94. The Morgan fingerprint density at radius 2 is 2.44 bits per heavy atom. The number of carbonyl (C=O) groups excluding carboxylic acids is 1. The maximum absolute atomic E-state index is 11.8. The fourth-order valence-corrected chi connectivity index (χ4v) is 2.14. The Bertz CT molecular complexity index is 446. The van der Waals surface area contributed by atoms with Crippen molar-refractivity contribution in [3.8, 4) is 0 Å². The lowest BCUT2D eigenvalue weighted by atomic mass is 10.1. The maximum atomic E-state index is 11.8. The van der Waals surface area contributed by atoms with E-state index in [0.29, 0.717) is 37.5 Å². The molecule has 98 valence electrons. The second-order valence-electron chi connectivity index (χ2n) is 4.76. The number of rotatable bonds is 3. The lowest BCUT2D eigenvalue weighted by Crippen LogP contribution is -2.31. The van der Waals surface area contributed by atoms with Crippen molar-refractivity contribution in [3.63, 3.8) is 0 Å². The summed E-state index contributed by atoms with van der Waals surface area (Å²) in [6.45, 7) is 5.08. The van der Waals surface area contributed by atoms with Gasteiger partial charge >= 0.3 is 5.97 Å². The van der Waals surface area contributed by atoms with Crippen LogP contribution in [0, 0.1) is 0 Å². The summed E-state index contributed by atoms with van der Waals surface area (Å²) in [7, 11) is 0. The Kier molecular flexibility index (Phi) is 3.52. The molecule has 1 aliphatic heterocycles. The van der Waals surface area contributed by atoms with Gasteiger partial charge in [0.25, 0.3) is 0 Å². The first kappa shape index (κ1) is 12.8. The normalized spacial score (nSPS) is 23.2. The zero-order chi connectivity index (χ0) is 13.2. The van der Waals surface area contributed by atoms with Gasteiger partial charge in [-0.1, -0.05) is 0 Å². The summed E-state index contributed by atoms with van der Waals surface area (Å²) in [4.78, 5) is 18.0. The highest BCUT2D eigenvalue weighted by Crippen LogP contribution is 2.27. The first-order chi connectivity index (χ1) is 8.53. The fraction of sp³-hybridized carbons (Fsp3) is 0.538. The molecular formula is C13H18N2O3. The molecule has 1 unspecified atom stereocenters. The number of ether oxygens (including phenoxy) is 1. The van der Waals surface area contributed by atoms with Gasteiger partial charge in [0.2, 0.25) is 0 Å². The number of hydrogen-bond acceptors (Lipinski definition) is 5. The standard InChI is InChI=1S/C13H18N2O3/c1-3-18-12(16)10-5-4-7-14-11(10)15-8-6-13(2,17)9-15/h4-5,7,17H,3,6,8-9H2,1-2H3. The summed E-state index contributed by atoms with van der Waals surface area (Å²) in [5, 5.41) is 9.97. The summed E-state index contributed by atoms with van der Waals surface area (Å²) >= 11 is 0. The molecule has 0 aromatic carbocycles. The minimum atomic E-state index is -0.719. The number of nitrogens with zero attached hydrogens (tertiary/aromatic N) is 2. The van der Waals surface area contributed by atoms with Gasteiger partial charge in [-0.25, -0.2) is 9.78 Å². The predicted octanol–water partition coefficient (Wildman–Crippen LogP) is 1.22. The molecular weight excluding hydrogens is 232 g/mol. The molecule has 0 spiro atoms. The molecule has 1 aliphatic rings. The molecule has 0 bridgehead atoms. The van der Waals surface area contributed by atoms with E-state index in [0.717, 1.165) is 0 Å². The number of pyridine rings is 1. The third-order valence-electron chi connectivity index (χ3n) is 3.03. The minimum absolute atomic E-state index is 0.338. The lowest BCUT2D eigenvalue weighted by Gasteiger charge is -2.21. The fourth-order valence-electron chi connectivity index (χ4n) is 2.14. The first-order valence-corrected chi connectivity index (χ1v) is 6.13. The molecule has 1 fully saturated rings. The van der Waals surface area contributed by atoms with Gasteiger partial charge in [0.15, 0.2) is 0 Å². The van der Waals surface area contributed by atoms with Crippen molar-refractivity contribution in [1.82, 2.24) is 4.98 Å². The molecule has 2 rings (SSSR count). The largest absolute Gasteiger partial charge is 0.462 e. The molecule has 1 aromatic heterocycles. The summed E-state index contributed by atoms with van der Waals surface area (Å²) in [6.07, 6.45) is 2.32. The molecule has 0 aliphatic carbocycles. The lowest BCUT2D eigenvalue weighted by molar-refractivity contribution is 0.0526. The van der Waals surface area contributed by atoms with E-state index in [1.165, 1.54) is 0 Å². The average Bonchev–Trinajstić information content (AvgIpc) is 2.70. The number of aliphatic hydroxyl groups is 1. The van der Waals surface area contributed by atoms with Gasteiger partial charge in [0.1, 0.15) is 11.4 Å². The smallest absolute Gasteiger partial charge is 0.341 e. The minimum Gasteiger partial charge on any atom is -0.462 e. The van der Waals surface area contributed by atoms with Crippen molar-refractivity contribution in [3.05, 3.63) is 23.9 Å². The van der Waals surface area contributed by atoms with Crippen LogP contribution in [-0.4, -0.2) is 41.4 Å². The number of esters is 1. The van der Waals surface area contributed by atoms with Gasteiger partial charge in [-0.2, -0.15) is 0 Å². The summed E-state index contributed by atoms with van der Waals surface area (Å²) in [5.74, 6) is 0.223. The molecule has 1 N–H and O–H groups in total. The summed E-state index contributed by atoms with van der Waals surface area (Å²) in [5.41, 5.74) is -0.263. The van der Waals surface area contributed by atoms with Crippen LogP contribution in [0.1, 0.15) is 30.6 Å². The van der Waals surface area contributed by atoms with E-state index in [1.807, 2.05) is 4.90 Å². The highest BCUT2D eigenvalue weighted by molar-refractivity contribution is 5.94. The van der Waals surface area contributed by atoms with Gasteiger partial charge in [-0.05, 0) is 32.4 Å². The van der Waals surface area contributed by atoms with Gasteiger partial charge in [0, 0.05) is 19.3 Å². The highest BCUT2D eigenvalue weighted by atomic mass is 16.5. The van der Waals surface area contributed by atoms with Gasteiger partial charge in [-0.15, -0.1) is 0 Å². The van der Waals surface area contributed by atoms with E-state index in [4.69, 9.17) is 4.74 Å². The molecule has 1 saturated heterocycles.